The summed E-state index contributed by atoms with van der Waals surface area (Å²) < 4.78 is 28.5. The van der Waals surface area contributed by atoms with Crippen molar-refractivity contribution in [1.29, 1.82) is 0 Å². The maximum absolute atomic E-state index is 10.8. The van der Waals surface area contributed by atoms with Crippen molar-refractivity contribution >= 4 is 15.7 Å². The van der Waals surface area contributed by atoms with Crippen LogP contribution >= 0.6 is 0 Å². The van der Waals surface area contributed by atoms with E-state index in [-0.39, 0.29) is 0 Å². The predicted molar refractivity (Wildman–Crippen MR) is 59.5 cm³/mol. The van der Waals surface area contributed by atoms with Gasteiger partial charge in [0.2, 0.25) is 10.0 Å². The van der Waals surface area contributed by atoms with E-state index in [9.17, 15) is 8.42 Å². The zero-order valence-electron chi connectivity index (χ0n) is 9.54. The second-order valence-electron chi connectivity index (χ2n) is 3.51. The smallest absolute Gasteiger partial charge is 0.208 e. The number of hydrogen-bond acceptors (Lipinski definition) is 7. The first-order valence-electron chi connectivity index (χ1n) is 4.89. The summed E-state index contributed by atoms with van der Waals surface area (Å²) in [6, 6.07) is 0. The zero-order chi connectivity index (χ0) is 12.9. The molecule has 2 N–H and O–H groups in total. The normalized spacial score (nSPS) is 12.9. The third kappa shape index (κ3) is 4.49. The molecule has 1 aromatic rings. The van der Waals surface area contributed by atoms with Gasteiger partial charge in [-0.3, -0.25) is 0 Å². The molecular formula is C8H14N4O4S. The van der Waals surface area contributed by atoms with Crippen LogP contribution in [0.4, 0.5) is 0 Å². The van der Waals surface area contributed by atoms with E-state index in [1.165, 1.54) is 0 Å². The Bertz CT molecular complexity index is 493. The number of oxime groups is 1. The van der Waals surface area contributed by atoms with E-state index in [1.807, 2.05) is 0 Å². The van der Waals surface area contributed by atoms with E-state index in [1.54, 1.807) is 6.92 Å². The van der Waals surface area contributed by atoms with Crippen molar-refractivity contribution in [2.24, 2.45) is 5.16 Å². The highest BCUT2D eigenvalue weighted by Crippen LogP contribution is 2.07. The Morgan fingerprint density at radius 1 is 1.53 bits per heavy atom. The highest BCUT2D eigenvalue weighted by atomic mass is 32.2. The summed E-state index contributed by atoms with van der Waals surface area (Å²) >= 11 is 0. The van der Waals surface area contributed by atoms with Gasteiger partial charge in [0.05, 0.1) is 6.26 Å². The van der Waals surface area contributed by atoms with Crippen molar-refractivity contribution in [2.75, 3.05) is 12.8 Å². The molecule has 1 aromatic heterocycles. The van der Waals surface area contributed by atoms with Gasteiger partial charge in [0.1, 0.15) is 11.4 Å². The number of nitrogens with one attached hydrogen (secondary N) is 1. The van der Waals surface area contributed by atoms with Crippen LogP contribution in [0.5, 0.6) is 0 Å². The molecule has 0 aliphatic carbocycles. The van der Waals surface area contributed by atoms with Crippen LogP contribution < -0.4 is 4.72 Å². The summed E-state index contributed by atoms with van der Waals surface area (Å²) in [5.74, 6) is 0. The predicted octanol–water partition coefficient (Wildman–Crippen LogP) is -0.250. The Balaban J connectivity index is 2.50. The lowest BCUT2D eigenvalue weighted by atomic mass is 10.1. The van der Waals surface area contributed by atoms with Gasteiger partial charge < -0.3 is 5.21 Å². The van der Waals surface area contributed by atoms with Crippen LogP contribution in [0.15, 0.2) is 9.78 Å². The minimum absolute atomic E-state index is 0.303. The summed E-state index contributed by atoms with van der Waals surface area (Å²) in [7, 11) is -3.17. The second kappa shape index (κ2) is 5.73. The topological polar surface area (TPSA) is 118 Å². The van der Waals surface area contributed by atoms with Crippen LogP contribution in [0, 0.1) is 0 Å². The molecule has 0 saturated carbocycles. The minimum atomic E-state index is -3.17. The van der Waals surface area contributed by atoms with Gasteiger partial charge in [-0.1, -0.05) is 10.3 Å². The van der Waals surface area contributed by atoms with Gasteiger partial charge in [-0.2, -0.15) is 0 Å². The van der Waals surface area contributed by atoms with Crippen LogP contribution in [0.3, 0.4) is 0 Å². The highest BCUT2D eigenvalue weighted by Gasteiger charge is 2.13. The maximum Gasteiger partial charge on any atom is 0.208 e. The summed E-state index contributed by atoms with van der Waals surface area (Å²) in [5.41, 5.74) is 1.22. The standard InChI is InChI=1S/C8H14N4O4S/c1-6(10-13)8-7(11-16-12-8)4-3-5-9-17(2,14)15/h9,13H,3-5H2,1-2H3. The van der Waals surface area contributed by atoms with Crippen molar-refractivity contribution in [3.8, 4) is 0 Å². The summed E-state index contributed by atoms with van der Waals surface area (Å²) in [4.78, 5) is 0. The Morgan fingerprint density at radius 2 is 2.24 bits per heavy atom. The maximum atomic E-state index is 10.8. The molecule has 0 amide bonds. The van der Waals surface area contributed by atoms with E-state index < -0.39 is 10.0 Å². The van der Waals surface area contributed by atoms with Crippen LogP contribution in [0.1, 0.15) is 24.7 Å². The van der Waals surface area contributed by atoms with Crippen LogP contribution in [-0.4, -0.2) is 42.5 Å². The molecule has 1 heterocycles. The lowest BCUT2D eigenvalue weighted by Gasteiger charge is -2.00. The summed E-state index contributed by atoms with van der Waals surface area (Å²) in [6.07, 6.45) is 2.12. The Morgan fingerprint density at radius 3 is 2.82 bits per heavy atom. The average Bonchev–Trinajstić information content (AvgIpc) is 2.70. The molecule has 0 bridgehead atoms. The first-order valence-corrected chi connectivity index (χ1v) is 6.78. The molecule has 17 heavy (non-hydrogen) atoms. The minimum Gasteiger partial charge on any atom is -0.411 e. The van der Waals surface area contributed by atoms with Crippen molar-refractivity contribution in [1.82, 2.24) is 15.0 Å². The third-order valence-electron chi connectivity index (χ3n) is 2.00. The molecule has 0 aliphatic rings. The molecule has 0 unspecified atom stereocenters. The fourth-order valence-corrected chi connectivity index (χ4v) is 1.72. The fraction of sp³-hybridized carbons (Fsp3) is 0.625. The molecule has 9 heteroatoms. The molecule has 1 rings (SSSR count). The molecule has 0 atom stereocenters. The molecule has 0 aliphatic heterocycles. The lowest BCUT2D eigenvalue weighted by Crippen LogP contribution is -2.23. The van der Waals surface area contributed by atoms with E-state index in [4.69, 9.17) is 5.21 Å². The summed E-state index contributed by atoms with van der Waals surface area (Å²) in [6.45, 7) is 1.87. The summed E-state index contributed by atoms with van der Waals surface area (Å²) in [5, 5.41) is 18.9. The van der Waals surface area contributed by atoms with Crippen LogP contribution in [0.25, 0.3) is 0 Å². The Labute approximate surface area is 98.7 Å². The molecule has 0 saturated heterocycles. The molecule has 8 nitrogen and oxygen atoms in total. The number of nitrogens with zero attached hydrogens (tertiary/aromatic N) is 3. The number of aryl methyl sites for hydroxylation is 1. The van der Waals surface area contributed by atoms with Crippen molar-refractivity contribution in [3.63, 3.8) is 0 Å². The van der Waals surface area contributed by atoms with Gasteiger partial charge in [0.25, 0.3) is 0 Å². The Kier molecular flexibility index (Phi) is 4.58. The van der Waals surface area contributed by atoms with Crippen LogP contribution in [-0.2, 0) is 16.4 Å². The number of sulfonamides is 1. The molecule has 0 radical (unpaired) electrons. The average molecular weight is 262 g/mol. The van der Waals surface area contributed by atoms with Crippen molar-refractivity contribution in [2.45, 2.75) is 19.8 Å². The van der Waals surface area contributed by atoms with Gasteiger partial charge in [-0.15, -0.1) is 0 Å². The zero-order valence-corrected chi connectivity index (χ0v) is 10.4. The monoisotopic (exact) mass is 262 g/mol. The molecule has 96 valence electrons. The third-order valence-corrected chi connectivity index (χ3v) is 2.73. The molecular weight excluding hydrogens is 248 g/mol. The fourth-order valence-electron chi connectivity index (χ4n) is 1.21. The molecule has 0 spiro atoms. The molecule has 0 aromatic carbocycles. The Hall–Kier alpha value is -1.48. The first kappa shape index (κ1) is 13.6. The SMILES string of the molecule is CC(=NO)c1nonc1CCCNS(C)(=O)=O. The quantitative estimate of drug-likeness (QED) is 0.316. The first-order chi connectivity index (χ1) is 7.94. The number of hydrogen-bond donors (Lipinski definition) is 2. The largest absolute Gasteiger partial charge is 0.411 e. The number of aromatic nitrogens is 2. The van der Waals surface area contributed by atoms with Gasteiger partial charge >= 0.3 is 0 Å². The van der Waals surface area contributed by atoms with Gasteiger partial charge in [-0.25, -0.2) is 17.8 Å². The highest BCUT2D eigenvalue weighted by molar-refractivity contribution is 7.88. The van der Waals surface area contributed by atoms with Gasteiger partial charge in [0, 0.05) is 6.54 Å². The van der Waals surface area contributed by atoms with Crippen LogP contribution in [0.2, 0.25) is 0 Å². The van der Waals surface area contributed by atoms with E-state index in [0.29, 0.717) is 36.5 Å². The van der Waals surface area contributed by atoms with Gasteiger partial charge in [0.15, 0.2) is 5.69 Å². The van der Waals surface area contributed by atoms with E-state index in [0.717, 1.165) is 6.26 Å². The number of rotatable bonds is 6. The van der Waals surface area contributed by atoms with Crippen molar-refractivity contribution in [3.05, 3.63) is 11.4 Å². The second-order valence-corrected chi connectivity index (χ2v) is 5.35. The molecule has 0 fully saturated rings. The van der Waals surface area contributed by atoms with E-state index >= 15 is 0 Å². The van der Waals surface area contributed by atoms with Gasteiger partial charge in [-0.05, 0) is 24.9 Å². The van der Waals surface area contributed by atoms with E-state index in [2.05, 4.69) is 24.8 Å². The van der Waals surface area contributed by atoms with Crippen molar-refractivity contribution < 1.29 is 18.3 Å². The lowest BCUT2D eigenvalue weighted by molar-refractivity contribution is 0.300.